The van der Waals surface area contributed by atoms with Gasteiger partial charge >= 0.3 is 0 Å². The first-order valence-corrected chi connectivity index (χ1v) is 6.50. The molecule has 0 radical (unpaired) electrons. The Bertz CT molecular complexity index is 543. The number of nitrogens with one attached hydrogen (secondary N) is 1. The Morgan fingerprint density at radius 3 is 1.85 bits per heavy atom. The molecule has 5 N–H and O–H groups in total. The molecule has 20 heavy (non-hydrogen) atoms. The largest absolute Gasteiger partial charge is 0.393 e. The Morgan fingerprint density at radius 2 is 1.40 bits per heavy atom. The lowest BCUT2D eigenvalue weighted by Crippen LogP contribution is -2.60. The van der Waals surface area contributed by atoms with Crippen LogP contribution in [-0.2, 0) is 11.4 Å². The summed E-state index contributed by atoms with van der Waals surface area (Å²) in [7, 11) is 0. The van der Waals surface area contributed by atoms with Crippen molar-refractivity contribution in [3.63, 3.8) is 0 Å². The molecule has 0 amide bonds. The number of hydrogen-bond donors (Lipinski definition) is 4. The summed E-state index contributed by atoms with van der Waals surface area (Å²) in [4.78, 5) is 0. The lowest BCUT2D eigenvalue weighted by molar-refractivity contribution is -0.0290. The fourth-order valence-electron chi connectivity index (χ4n) is 2.21. The molecule has 2 atom stereocenters. The van der Waals surface area contributed by atoms with Gasteiger partial charge in [0.15, 0.2) is 0 Å². The minimum Gasteiger partial charge on any atom is -0.393 e. The molecule has 1 unspecified atom stereocenters. The lowest BCUT2D eigenvalue weighted by Gasteiger charge is -2.37. The van der Waals surface area contributed by atoms with Crippen molar-refractivity contribution in [3.05, 3.63) is 71.8 Å². The SMILES string of the molecule is CC(O)(N[C@](N)(CO)c1ccccc1)c1ccccc1. The van der Waals surface area contributed by atoms with Crippen molar-refractivity contribution < 1.29 is 10.2 Å². The van der Waals surface area contributed by atoms with Gasteiger partial charge in [0.1, 0.15) is 11.4 Å². The Labute approximate surface area is 118 Å². The van der Waals surface area contributed by atoms with Gasteiger partial charge in [0.05, 0.1) is 6.61 Å². The highest BCUT2D eigenvalue weighted by atomic mass is 16.3. The summed E-state index contributed by atoms with van der Waals surface area (Å²) in [5, 5.41) is 23.2. The van der Waals surface area contributed by atoms with Crippen LogP contribution in [0.15, 0.2) is 60.7 Å². The summed E-state index contributed by atoms with van der Waals surface area (Å²) in [6.07, 6.45) is 0. The van der Waals surface area contributed by atoms with E-state index in [4.69, 9.17) is 5.73 Å². The van der Waals surface area contributed by atoms with E-state index in [1.54, 1.807) is 19.1 Å². The monoisotopic (exact) mass is 272 g/mol. The van der Waals surface area contributed by atoms with Gasteiger partial charge in [-0.05, 0) is 18.1 Å². The Balaban J connectivity index is 2.30. The molecule has 0 heterocycles. The zero-order valence-electron chi connectivity index (χ0n) is 11.5. The average molecular weight is 272 g/mol. The van der Waals surface area contributed by atoms with Crippen LogP contribution >= 0.6 is 0 Å². The third kappa shape index (κ3) is 3.05. The summed E-state index contributed by atoms with van der Waals surface area (Å²) in [6, 6.07) is 18.3. The van der Waals surface area contributed by atoms with E-state index in [0.717, 1.165) is 0 Å². The fourth-order valence-corrected chi connectivity index (χ4v) is 2.21. The molecule has 4 heteroatoms. The summed E-state index contributed by atoms with van der Waals surface area (Å²) in [5.41, 5.74) is 5.03. The van der Waals surface area contributed by atoms with Gasteiger partial charge < -0.3 is 15.9 Å². The maximum Gasteiger partial charge on any atom is 0.140 e. The normalized spacial score (nSPS) is 17.2. The second-order valence-electron chi connectivity index (χ2n) is 5.06. The predicted octanol–water partition coefficient (Wildman–Crippen LogP) is 1.25. The molecule has 0 aliphatic rings. The molecular formula is C16H20N2O2. The number of benzene rings is 2. The van der Waals surface area contributed by atoms with Crippen molar-refractivity contribution in [3.8, 4) is 0 Å². The average Bonchev–Trinajstić information content (AvgIpc) is 2.48. The van der Waals surface area contributed by atoms with Gasteiger partial charge in [0, 0.05) is 0 Å². The number of aliphatic hydroxyl groups excluding tert-OH is 1. The van der Waals surface area contributed by atoms with Crippen LogP contribution in [0.25, 0.3) is 0 Å². The van der Waals surface area contributed by atoms with E-state index in [1.807, 2.05) is 48.5 Å². The zero-order chi connectivity index (χ0) is 14.6. The molecule has 0 saturated carbocycles. The third-order valence-electron chi connectivity index (χ3n) is 3.34. The predicted molar refractivity (Wildman–Crippen MR) is 78.5 cm³/mol. The van der Waals surface area contributed by atoms with E-state index in [2.05, 4.69) is 5.32 Å². The molecule has 106 valence electrons. The number of rotatable bonds is 5. The van der Waals surface area contributed by atoms with E-state index >= 15 is 0 Å². The van der Waals surface area contributed by atoms with Gasteiger partial charge in [-0.25, -0.2) is 0 Å². The van der Waals surface area contributed by atoms with Crippen LogP contribution in [0.4, 0.5) is 0 Å². The van der Waals surface area contributed by atoms with Crippen LogP contribution in [0.1, 0.15) is 18.1 Å². The molecule has 0 spiro atoms. The molecule has 2 aromatic rings. The summed E-state index contributed by atoms with van der Waals surface area (Å²) in [6.45, 7) is 1.28. The molecule has 0 aliphatic carbocycles. The highest BCUT2D eigenvalue weighted by Crippen LogP contribution is 2.24. The minimum atomic E-state index is -1.35. The fraction of sp³-hybridized carbons (Fsp3) is 0.250. The first-order valence-electron chi connectivity index (χ1n) is 6.50. The topological polar surface area (TPSA) is 78.5 Å². The lowest BCUT2D eigenvalue weighted by atomic mass is 9.96. The molecule has 0 bridgehead atoms. The van der Waals surface area contributed by atoms with Gasteiger partial charge in [-0.2, -0.15) is 0 Å². The molecule has 2 rings (SSSR count). The van der Waals surface area contributed by atoms with E-state index in [1.165, 1.54) is 0 Å². The van der Waals surface area contributed by atoms with E-state index in [9.17, 15) is 10.2 Å². The van der Waals surface area contributed by atoms with Crippen molar-refractivity contribution in [2.45, 2.75) is 18.3 Å². The molecule has 0 fully saturated rings. The molecule has 2 aromatic carbocycles. The number of hydrogen-bond acceptors (Lipinski definition) is 4. The molecule has 0 aliphatic heterocycles. The van der Waals surface area contributed by atoms with Crippen molar-refractivity contribution >= 4 is 0 Å². The summed E-state index contributed by atoms with van der Waals surface area (Å²) in [5.74, 6) is 0. The van der Waals surface area contributed by atoms with E-state index in [-0.39, 0.29) is 6.61 Å². The summed E-state index contributed by atoms with van der Waals surface area (Å²) < 4.78 is 0. The number of nitrogens with two attached hydrogens (primary N) is 1. The van der Waals surface area contributed by atoms with Gasteiger partial charge in [0.25, 0.3) is 0 Å². The highest BCUT2D eigenvalue weighted by Gasteiger charge is 2.35. The van der Waals surface area contributed by atoms with Gasteiger partial charge in [-0.3, -0.25) is 5.32 Å². The number of aliphatic hydroxyl groups is 2. The molecule has 0 saturated heterocycles. The molecule has 4 nitrogen and oxygen atoms in total. The Kier molecular flexibility index (Phi) is 4.20. The van der Waals surface area contributed by atoms with Crippen LogP contribution in [0, 0.1) is 0 Å². The summed E-state index contributed by atoms with van der Waals surface area (Å²) >= 11 is 0. The maximum absolute atomic E-state index is 10.6. The van der Waals surface area contributed by atoms with Crippen molar-refractivity contribution in [2.24, 2.45) is 5.73 Å². The van der Waals surface area contributed by atoms with E-state index < -0.39 is 11.4 Å². The van der Waals surface area contributed by atoms with E-state index in [0.29, 0.717) is 11.1 Å². The van der Waals surface area contributed by atoms with Crippen LogP contribution in [0.3, 0.4) is 0 Å². The third-order valence-corrected chi connectivity index (χ3v) is 3.34. The van der Waals surface area contributed by atoms with Crippen molar-refractivity contribution in [1.29, 1.82) is 0 Å². The smallest absolute Gasteiger partial charge is 0.140 e. The second-order valence-corrected chi connectivity index (χ2v) is 5.06. The maximum atomic E-state index is 10.6. The quantitative estimate of drug-likeness (QED) is 0.618. The Hall–Kier alpha value is -1.72. The van der Waals surface area contributed by atoms with Crippen molar-refractivity contribution in [2.75, 3.05) is 6.61 Å². The molecule has 0 aromatic heterocycles. The van der Waals surface area contributed by atoms with Crippen LogP contribution < -0.4 is 11.1 Å². The van der Waals surface area contributed by atoms with Gasteiger partial charge in [0.2, 0.25) is 0 Å². The first-order chi connectivity index (χ1) is 9.48. The zero-order valence-corrected chi connectivity index (χ0v) is 11.5. The first kappa shape index (κ1) is 14.7. The standard InChI is InChI=1S/C16H20N2O2/c1-15(20,13-8-4-2-5-9-13)18-16(17,12-19)14-10-6-3-7-11-14/h2-11,18-20H,12,17H2,1H3/t15?,16-/m1/s1. The van der Waals surface area contributed by atoms with Gasteiger partial charge in [-0.1, -0.05) is 60.7 Å². The van der Waals surface area contributed by atoms with Crippen molar-refractivity contribution in [1.82, 2.24) is 5.32 Å². The van der Waals surface area contributed by atoms with Gasteiger partial charge in [-0.15, -0.1) is 0 Å². The van der Waals surface area contributed by atoms with Crippen LogP contribution in [-0.4, -0.2) is 16.8 Å². The second kappa shape index (κ2) is 5.73. The minimum absolute atomic E-state index is 0.333. The molecular weight excluding hydrogens is 252 g/mol. The van der Waals surface area contributed by atoms with Crippen LogP contribution in [0.2, 0.25) is 0 Å². The Morgan fingerprint density at radius 1 is 0.950 bits per heavy atom. The van der Waals surface area contributed by atoms with Crippen LogP contribution in [0.5, 0.6) is 0 Å². The highest BCUT2D eigenvalue weighted by molar-refractivity contribution is 5.26.